The van der Waals surface area contributed by atoms with Gasteiger partial charge in [0, 0.05) is 31.4 Å². The molecule has 0 N–H and O–H groups in total. The molecule has 1 aromatic carbocycles. The van der Waals surface area contributed by atoms with Gasteiger partial charge in [-0.25, -0.2) is 0 Å². The van der Waals surface area contributed by atoms with E-state index in [0.717, 1.165) is 25.2 Å². The summed E-state index contributed by atoms with van der Waals surface area (Å²) in [5, 5.41) is 10.8. The van der Waals surface area contributed by atoms with Crippen LogP contribution in [0.25, 0.3) is 0 Å². The molecule has 2 aromatic heterocycles. The van der Waals surface area contributed by atoms with E-state index in [1.54, 1.807) is 11.3 Å². The number of thiophene rings is 1. The van der Waals surface area contributed by atoms with Crippen LogP contribution in [0, 0.1) is 0 Å². The molecule has 0 unspecified atom stereocenters. The Morgan fingerprint density at radius 3 is 2.88 bits per heavy atom. The number of aromatic nitrogens is 3. The first-order chi connectivity index (χ1) is 12.3. The average molecular weight is 354 g/mol. The third-order valence-electron chi connectivity index (χ3n) is 4.69. The summed E-state index contributed by atoms with van der Waals surface area (Å²) in [5.74, 6) is 0. The second-order valence-electron chi connectivity index (χ2n) is 6.36. The Hall–Kier alpha value is -2.02. The van der Waals surface area contributed by atoms with Gasteiger partial charge in [0.1, 0.15) is 5.69 Å². The molecule has 5 nitrogen and oxygen atoms in total. The SMILES string of the molecule is Cn1nnc2c1CCN(Cc1cccs1)[C@@H]2COCc1ccccc1. The van der Waals surface area contributed by atoms with E-state index in [-0.39, 0.29) is 6.04 Å². The summed E-state index contributed by atoms with van der Waals surface area (Å²) in [7, 11) is 1.97. The van der Waals surface area contributed by atoms with E-state index in [1.807, 2.05) is 29.9 Å². The Balaban J connectivity index is 1.49. The fourth-order valence-corrected chi connectivity index (χ4v) is 4.09. The lowest BCUT2D eigenvalue weighted by Crippen LogP contribution is -2.37. The number of benzene rings is 1. The highest BCUT2D eigenvalue weighted by molar-refractivity contribution is 7.09. The van der Waals surface area contributed by atoms with Crippen molar-refractivity contribution in [3.8, 4) is 0 Å². The lowest BCUT2D eigenvalue weighted by atomic mass is 10.0. The van der Waals surface area contributed by atoms with Crippen LogP contribution >= 0.6 is 11.3 Å². The third kappa shape index (κ3) is 3.66. The zero-order chi connectivity index (χ0) is 17.1. The minimum absolute atomic E-state index is 0.156. The van der Waals surface area contributed by atoms with Gasteiger partial charge < -0.3 is 4.74 Å². The summed E-state index contributed by atoms with van der Waals surface area (Å²) in [6.45, 7) is 3.20. The van der Waals surface area contributed by atoms with E-state index in [0.29, 0.717) is 13.2 Å². The molecule has 0 aliphatic carbocycles. The Labute approximate surface area is 151 Å². The maximum Gasteiger partial charge on any atom is 0.105 e. The molecule has 3 heterocycles. The molecular formula is C19H22N4OS. The molecule has 25 heavy (non-hydrogen) atoms. The van der Waals surface area contributed by atoms with Gasteiger partial charge in [-0.05, 0) is 17.0 Å². The lowest BCUT2D eigenvalue weighted by molar-refractivity contribution is 0.0393. The second-order valence-corrected chi connectivity index (χ2v) is 7.39. The highest BCUT2D eigenvalue weighted by Crippen LogP contribution is 2.30. The van der Waals surface area contributed by atoms with Crippen molar-refractivity contribution in [1.82, 2.24) is 19.9 Å². The highest BCUT2D eigenvalue weighted by Gasteiger charge is 2.31. The maximum absolute atomic E-state index is 6.06. The van der Waals surface area contributed by atoms with Gasteiger partial charge in [0.05, 0.1) is 24.9 Å². The van der Waals surface area contributed by atoms with Crippen LogP contribution in [0.3, 0.4) is 0 Å². The number of hydrogen-bond acceptors (Lipinski definition) is 5. The van der Waals surface area contributed by atoms with Crippen LogP contribution in [-0.4, -0.2) is 33.0 Å². The molecule has 1 atom stereocenters. The summed E-state index contributed by atoms with van der Waals surface area (Å²) >= 11 is 1.80. The number of fused-ring (bicyclic) bond motifs is 1. The molecule has 0 saturated heterocycles. The molecule has 0 fully saturated rings. The smallest absolute Gasteiger partial charge is 0.105 e. The lowest BCUT2D eigenvalue weighted by Gasteiger charge is -2.34. The fraction of sp³-hybridized carbons (Fsp3) is 0.368. The number of nitrogens with zero attached hydrogens (tertiary/aromatic N) is 4. The molecule has 0 saturated carbocycles. The maximum atomic E-state index is 6.06. The van der Waals surface area contributed by atoms with Crippen molar-refractivity contribution in [2.45, 2.75) is 25.6 Å². The van der Waals surface area contributed by atoms with Crippen LogP contribution in [0.15, 0.2) is 47.8 Å². The first-order valence-corrected chi connectivity index (χ1v) is 9.46. The average Bonchev–Trinajstić information content (AvgIpc) is 3.28. The zero-order valence-electron chi connectivity index (χ0n) is 14.3. The van der Waals surface area contributed by atoms with E-state index in [4.69, 9.17) is 4.74 Å². The first-order valence-electron chi connectivity index (χ1n) is 8.58. The molecule has 0 bridgehead atoms. The molecule has 0 spiro atoms. The molecule has 1 aliphatic rings. The van der Waals surface area contributed by atoms with E-state index in [1.165, 1.54) is 16.1 Å². The summed E-state index contributed by atoms with van der Waals surface area (Å²) in [6, 6.07) is 14.8. The van der Waals surface area contributed by atoms with Gasteiger partial charge in [-0.3, -0.25) is 9.58 Å². The van der Waals surface area contributed by atoms with Crippen molar-refractivity contribution in [3.05, 3.63) is 69.7 Å². The van der Waals surface area contributed by atoms with Gasteiger partial charge in [0.15, 0.2) is 0 Å². The van der Waals surface area contributed by atoms with Crippen LogP contribution in [0.5, 0.6) is 0 Å². The number of rotatable bonds is 6. The van der Waals surface area contributed by atoms with Crippen LogP contribution in [0.1, 0.15) is 27.9 Å². The normalized spacial score (nSPS) is 17.6. The summed E-state index contributed by atoms with van der Waals surface area (Å²) in [5.41, 5.74) is 3.50. The van der Waals surface area contributed by atoms with Gasteiger partial charge in [-0.15, -0.1) is 16.4 Å². The first kappa shape index (κ1) is 16.4. The predicted molar refractivity (Wildman–Crippen MR) is 98.3 cm³/mol. The van der Waals surface area contributed by atoms with E-state index in [2.05, 4.69) is 44.9 Å². The Morgan fingerprint density at radius 2 is 2.08 bits per heavy atom. The van der Waals surface area contributed by atoms with Gasteiger partial charge in [-0.2, -0.15) is 0 Å². The Morgan fingerprint density at radius 1 is 1.20 bits per heavy atom. The van der Waals surface area contributed by atoms with Crippen molar-refractivity contribution in [1.29, 1.82) is 0 Å². The summed E-state index contributed by atoms with van der Waals surface area (Å²) in [4.78, 5) is 3.84. The Bertz CT molecular complexity index is 800. The van der Waals surface area contributed by atoms with Crippen LogP contribution in [0.2, 0.25) is 0 Å². The second kappa shape index (κ2) is 7.47. The topological polar surface area (TPSA) is 43.2 Å². The van der Waals surface area contributed by atoms with Crippen LogP contribution in [-0.2, 0) is 31.4 Å². The van der Waals surface area contributed by atoms with Gasteiger partial charge in [0.2, 0.25) is 0 Å². The predicted octanol–water partition coefficient (Wildman–Crippen LogP) is 3.19. The number of aryl methyl sites for hydroxylation is 1. The van der Waals surface area contributed by atoms with Crippen molar-refractivity contribution >= 4 is 11.3 Å². The van der Waals surface area contributed by atoms with Crippen molar-refractivity contribution in [3.63, 3.8) is 0 Å². The summed E-state index contributed by atoms with van der Waals surface area (Å²) < 4.78 is 7.96. The molecule has 1 aliphatic heterocycles. The molecule has 3 aromatic rings. The number of ether oxygens (including phenoxy) is 1. The van der Waals surface area contributed by atoms with Crippen molar-refractivity contribution < 1.29 is 4.74 Å². The monoisotopic (exact) mass is 354 g/mol. The van der Waals surface area contributed by atoms with E-state index >= 15 is 0 Å². The van der Waals surface area contributed by atoms with Crippen LogP contribution < -0.4 is 0 Å². The molecule has 0 radical (unpaired) electrons. The Kier molecular flexibility index (Phi) is 4.92. The molecule has 4 rings (SSSR count). The fourth-order valence-electron chi connectivity index (χ4n) is 3.36. The largest absolute Gasteiger partial charge is 0.375 e. The molecule has 6 heteroatoms. The van der Waals surface area contributed by atoms with Gasteiger partial charge in [0.25, 0.3) is 0 Å². The van der Waals surface area contributed by atoms with E-state index < -0.39 is 0 Å². The van der Waals surface area contributed by atoms with Gasteiger partial charge >= 0.3 is 0 Å². The standard InChI is InChI=1S/C19H22N4OS/c1-22-17-9-10-23(12-16-8-5-11-25-16)18(19(17)20-21-22)14-24-13-15-6-3-2-4-7-15/h2-8,11,18H,9-10,12-14H2,1H3/t18-/m1/s1. The molecule has 130 valence electrons. The van der Waals surface area contributed by atoms with E-state index in [9.17, 15) is 0 Å². The highest BCUT2D eigenvalue weighted by atomic mass is 32.1. The number of hydrogen-bond donors (Lipinski definition) is 0. The minimum Gasteiger partial charge on any atom is -0.375 e. The van der Waals surface area contributed by atoms with Crippen molar-refractivity contribution in [2.75, 3.05) is 13.2 Å². The molecular weight excluding hydrogens is 332 g/mol. The van der Waals surface area contributed by atoms with Gasteiger partial charge in [-0.1, -0.05) is 41.6 Å². The minimum atomic E-state index is 0.156. The third-order valence-corrected chi connectivity index (χ3v) is 5.55. The quantitative estimate of drug-likeness (QED) is 0.682. The summed E-state index contributed by atoms with van der Waals surface area (Å²) in [6.07, 6.45) is 0.986. The van der Waals surface area contributed by atoms with Crippen LogP contribution in [0.4, 0.5) is 0 Å². The zero-order valence-corrected chi connectivity index (χ0v) is 15.2. The van der Waals surface area contributed by atoms with Crippen molar-refractivity contribution in [2.24, 2.45) is 7.05 Å². The molecule has 0 amide bonds.